The lowest BCUT2D eigenvalue weighted by atomic mass is 10.1. The fourth-order valence-electron chi connectivity index (χ4n) is 4.10. The molecule has 5 aromatic rings. The monoisotopic (exact) mass is 494 g/mol. The average molecular weight is 495 g/mol. The number of benzene rings is 2. The van der Waals surface area contributed by atoms with Gasteiger partial charge in [0.25, 0.3) is 17.7 Å². The van der Waals surface area contributed by atoms with Crippen molar-refractivity contribution in [3.05, 3.63) is 101 Å². The topological polar surface area (TPSA) is 110 Å². The number of imidazole rings is 1. The molecule has 0 atom stereocenters. The zero-order valence-electron chi connectivity index (χ0n) is 18.8. The van der Waals surface area contributed by atoms with Crippen LogP contribution < -0.4 is 5.32 Å². The predicted octanol–water partition coefficient (Wildman–Crippen LogP) is 3.94. The maximum absolute atomic E-state index is 12.8. The highest BCUT2D eigenvalue weighted by Gasteiger charge is 2.34. The summed E-state index contributed by atoms with van der Waals surface area (Å²) in [6.07, 6.45) is 4.05. The minimum Gasteiger partial charge on any atom is -0.306 e. The molecule has 6 rings (SSSR count). The Morgan fingerprint density at radius 1 is 0.917 bits per heavy atom. The van der Waals surface area contributed by atoms with E-state index in [1.807, 2.05) is 40.9 Å². The molecule has 0 aliphatic carbocycles. The Balaban J connectivity index is 1.11. The van der Waals surface area contributed by atoms with Crippen molar-refractivity contribution in [2.45, 2.75) is 6.42 Å². The maximum Gasteiger partial charge on any atom is 0.261 e. The molecule has 4 heterocycles. The normalized spacial score (nSPS) is 12.8. The number of nitrogens with one attached hydrogen (secondary N) is 1. The highest BCUT2D eigenvalue weighted by molar-refractivity contribution is 7.15. The zero-order chi connectivity index (χ0) is 24.6. The van der Waals surface area contributed by atoms with Gasteiger partial charge in [-0.05, 0) is 24.3 Å². The number of hydrogen-bond donors (Lipinski definition) is 1. The summed E-state index contributed by atoms with van der Waals surface area (Å²) in [6, 6.07) is 20.0. The van der Waals surface area contributed by atoms with Crippen LogP contribution in [0.1, 0.15) is 36.1 Å². The van der Waals surface area contributed by atoms with E-state index in [0.29, 0.717) is 38.9 Å². The molecule has 10 heteroatoms. The van der Waals surface area contributed by atoms with Gasteiger partial charge in [0.1, 0.15) is 10.7 Å². The Labute approximate surface area is 209 Å². The summed E-state index contributed by atoms with van der Waals surface area (Å²) in [5.41, 5.74) is 3.74. The summed E-state index contributed by atoms with van der Waals surface area (Å²) in [5.74, 6) is -0.943. The van der Waals surface area contributed by atoms with Crippen molar-refractivity contribution in [1.82, 2.24) is 24.5 Å². The fourth-order valence-corrected chi connectivity index (χ4v) is 4.82. The van der Waals surface area contributed by atoms with Crippen molar-refractivity contribution >= 4 is 39.8 Å². The van der Waals surface area contributed by atoms with E-state index in [4.69, 9.17) is 0 Å². The number of pyridine rings is 1. The van der Waals surface area contributed by atoms with Gasteiger partial charge in [0.2, 0.25) is 5.13 Å². The SMILES string of the molecule is O=C(Nc1nnc(CCN2C(=O)c3ccccc3C2=O)s1)c1ccn2cc(-c3ccccc3)nc2c1. The van der Waals surface area contributed by atoms with E-state index in [-0.39, 0.29) is 24.3 Å². The molecule has 2 aromatic carbocycles. The van der Waals surface area contributed by atoms with Crippen LogP contribution in [-0.2, 0) is 6.42 Å². The lowest BCUT2D eigenvalue weighted by molar-refractivity contribution is 0.0655. The van der Waals surface area contributed by atoms with Crippen LogP contribution in [0.5, 0.6) is 0 Å². The lowest BCUT2D eigenvalue weighted by Gasteiger charge is -2.12. The van der Waals surface area contributed by atoms with Crippen LogP contribution in [0.2, 0.25) is 0 Å². The summed E-state index contributed by atoms with van der Waals surface area (Å²) >= 11 is 1.21. The number of fused-ring (bicyclic) bond motifs is 2. The van der Waals surface area contributed by atoms with Crippen LogP contribution >= 0.6 is 11.3 Å². The number of imide groups is 1. The second kappa shape index (κ2) is 8.82. The molecular formula is C26H18N6O3S. The number of carbonyl (C=O) groups excluding carboxylic acids is 3. The molecule has 0 radical (unpaired) electrons. The van der Waals surface area contributed by atoms with Crippen LogP contribution in [0.25, 0.3) is 16.9 Å². The largest absolute Gasteiger partial charge is 0.306 e. The molecule has 9 nitrogen and oxygen atoms in total. The summed E-state index contributed by atoms with van der Waals surface area (Å²) in [6.45, 7) is 0.190. The number of amides is 3. The Morgan fingerprint density at radius 2 is 1.64 bits per heavy atom. The van der Waals surface area contributed by atoms with Crippen molar-refractivity contribution in [1.29, 1.82) is 0 Å². The van der Waals surface area contributed by atoms with Crippen LogP contribution in [0.4, 0.5) is 5.13 Å². The Hall–Kier alpha value is -4.70. The van der Waals surface area contributed by atoms with Gasteiger partial charge in [0.05, 0.1) is 16.8 Å². The predicted molar refractivity (Wildman–Crippen MR) is 134 cm³/mol. The summed E-state index contributed by atoms with van der Waals surface area (Å²) < 4.78 is 1.86. The van der Waals surface area contributed by atoms with Crippen molar-refractivity contribution < 1.29 is 14.4 Å². The fraction of sp³-hybridized carbons (Fsp3) is 0.0769. The third-order valence-electron chi connectivity index (χ3n) is 5.91. The number of anilines is 1. The minimum atomic E-state index is -0.329. The second-order valence-electron chi connectivity index (χ2n) is 8.19. The molecule has 0 saturated carbocycles. The van der Waals surface area contributed by atoms with Gasteiger partial charge in [0, 0.05) is 36.5 Å². The first-order valence-corrected chi connectivity index (χ1v) is 12.0. The first-order valence-electron chi connectivity index (χ1n) is 11.2. The average Bonchev–Trinajstić information content (AvgIpc) is 3.60. The summed E-state index contributed by atoms with van der Waals surface area (Å²) in [5, 5.41) is 11.8. The van der Waals surface area contributed by atoms with Crippen LogP contribution in [0, 0.1) is 0 Å². The Kier molecular flexibility index (Phi) is 5.34. The molecule has 0 spiro atoms. The number of rotatable bonds is 6. The van der Waals surface area contributed by atoms with Gasteiger partial charge in [-0.2, -0.15) is 0 Å². The number of carbonyl (C=O) groups is 3. The molecule has 0 bridgehead atoms. The highest BCUT2D eigenvalue weighted by Crippen LogP contribution is 2.24. The van der Waals surface area contributed by atoms with E-state index >= 15 is 0 Å². The maximum atomic E-state index is 12.8. The van der Waals surface area contributed by atoms with Gasteiger partial charge >= 0.3 is 0 Å². The zero-order valence-corrected chi connectivity index (χ0v) is 19.6. The van der Waals surface area contributed by atoms with Crippen LogP contribution in [0.3, 0.4) is 0 Å². The second-order valence-corrected chi connectivity index (χ2v) is 9.25. The van der Waals surface area contributed by atoms with Gasteiger partial charge in [-0.15, -0.1) is 10.2 Å². The first kappa shape index (κ1) is 21.8. The van der Waals surface area contributed by atoms with E-state index in [9.17, 15) is 14.4 Å². The van der Waals surface area contributed by atoms with Crippen LogP contribution in [-0.4, -0.2) is 48.7 Å². The van der Waals surface area contributed by atoms with Crippen molar-refractivity contribution in [2.75, 3.05) is 11.9 Å². The molecule has 0 fully saturated rings. The Bertz CT molecular complexity index is 1610. The Morgan fingerprint density at radius 3 is 2.39 bits per heavy atom. The van der Waals surface area contributed by atoms with Crippen LogP contribution in [0.15, 0.2) is 79.1 Å². The standard InChI is InChI=1S/C26H18N6O3S/c33-23(17-10-12-31-15-20(27-21(31)14-17)16-6-2-1-3-7-16)28-26-30-29-22(36-26)11-13-32-24(34)18-8-4-5-9-19(18)25(32)35/h1-10,12,14-15H,11,13H2,(H,28,30,33). The first-order chi connectivity index (χ1) is 17.6. The molecule has 0 saturated heterocycles. The molecule has 1 aliphatic rings. The number of hydrogen-bond acceptors (Lipinski definition) is 7. The smallest absolute Gasteiger partial charge is 0.261 e. The van der Waals surface area contributed by atoms with Gasteiger partial charge in [-0.1, -0.05) is 53.8 Å². The molecule has 176 valence electrons. The van der Waals surface area contributed by atoms with Crippen molar-refractivity contribution in [3.8, 4) is 11.3 Å². The quantitative estimate of drug-likeness (QED) is 0.358. The highest BCUT2D eigenvalue weighted by atomic mass is 32.1. The molecule has 3 amide bonds. The molecule has 1 aliphatic heterocycles. The summed E-state index contributed by atoms with van der Waals surface area (Å²) in [4.78, 5) is 43.7. The molecule has 1 N–H and O–H groups in total. The molecular weight excluding hydrogens is 476 g/mol. The third-order valence-corrected chi connectivity index (χ3v) is 6.81. The lowest BCUT2D eigenvalue weighted by Crippen LogP contribution is -2.31. The number of aromatic nitrogens is 4. The van der Waals surface area contributed by atoms with E-state index in [0.717, 1.165) is 11.3 Å². The van der Waals surface area contributed by atoms with Crippen molar-refractivity contribution in [2.24, 2.45) is 0 Å². The molecule has 3 aromatic heterocycles. The third kappa shape index (κ3) is 3.93. The van der Waals surface area contributed by atoms with Gasteiger partial charge in [0.15, 0.2) is 0 Å². The van der Waals surface area contributed by atoms with Crippen molar-refractivity contribution in [3.63, 3.8) is 0 Å². The molecule has 0 unspecified atom stereocenters. The van der Waals surface area contributed by atoms with E-state index in [2.05, 4.69) is 20.5 Å². The van der Waals surface area contributed by atoms with E-state index < -0.39 is 0 Å². The van der Waals surface area contributed by atoms with Gasteiger partial charge in [-0.3, -0.25) is 24.6 Å². The minimum absolute atomic E-state index is 0.190. The van der Waals surface area contributed by atoms with E-state index in [1.54, 1.807) is 42.6 Å². The molecule has 36 heavy (non-hydrogen) atoms. The summed E-state index contributed by atoms with van der Waals surface area (Å²) in [7, 11) is 0. The number of nitrogens with zero attached hydrogens (tertiary/aromatic N) is 5. The van der Waals surface area contributed by atoms with E-state index in [1.165, 1.54) is 16.2 Å². The van der Waals surface area contributed by atoms with Gasteiger partial charge in [-0.25, -0.2) is 4.98 Å². The van der Waals surface area contributed by atoms with Gasteiger partial charge < -0.3 is 4.40 Å².